The van der Waals surface area contributed by atoms with Gasteiger partial charge in [-0.3, -0.25) is 4.57 Å². The molecule has 0 atom stereocenters. The van der Waals surface area contributed by atoms with E-state index < -0.39 is 13.6 Å². The number of aromatic nitrogens is 1. The first kappa shape index (κ1) is 15.0. The van der Waals surface area contributed by atoms with Gasteiger partial charge in [0.1, 0.15) is 11.2 Å². The van der Waals surface area contributed by atoms with Gasteiger partial charge in [-0.05, 0) is 18.2 Å². The summed E-state index contributed by atoms with van der Waals surface area (Å²) in [5.41, 5.74) is 0.468. The van der Waals surface area contributed by atoms with Gasteiger partial charge < -0.3 is 14.5 Å². The van der Waals surface area contributed by atoms with E-state index >= 15 is 0 Å². The van der Waals surface area contributed by atoms with Crippen LogP contribution in [0.2, 0.25) is 0 Å². The van der Waals surface area contributed by atoms with Crippen LogP contribution in [0, 0.1) is 0 Å². The monoisotopic (exact) mass is 313 g/mol. The third-order valence-corrected chi connectivity index (χ3v) is 4.91. The van der Waals surface area contributed by atoms with Gasteiger partial charge in [0.25, 0.3) is 0 Å². The SMILES string of the molecule is COC(=O)c1ccc2ccc(SCP(=O)(O)O)cc2n1. The number of rotatable bonds is 4. The smallest absolute Gasteiger partial charge is 0.356 e. The highest BCUT2D eigenvalue weighted by Crippen LogP contribution is 2.41. The Morgan fingerprint density at radius 3 is 2.70 bits per heavy atom. The average Bonchev–Trinajstić information content (AvgIpc) is 2.42. The number of carbonyl (C=O) groups excluding carboxylic acids is 1. The maximum Gasteiger partial charge on any atom is 0.356 e. The van der Waals surface area contributed by atoms with Crippen LogP contribution in [0.25, 0.3) is 10.9 Å². The van der Waals surface area contributed by atoms with Crippen molar-refractivity contribution in [3.8, 4) is 0 Å². The van der Waals surface area contributed by atoms with E-state index in [9.17, 15) is 9.36 Å². The van der Waals surface area contributed by atoms with Crippen LogP contribution in [0.1, 0.15) is 10.5 Å². The summed E-state index contributed by atoms with van der Waals surface area (Å²) in [6, 6.07) is 8.53. The molecule has 0 unspecified atom stereocenters. The van der Waals surface area contributed by atoms with E-state index in [1.54, 1.807) is 30.3 Å². The molecule has 0 radical (unpaired) electrons. The predicted molar refractivity (Wildman–Crippen MR) is 75.9 cm³/mol. The largest absolute Gasteiger partial charge is 0.464 e. The maximum atomic E-state index is 11.4. The summed E-state index contributed by atoms with van der Waals surface area (Å²) in [6.45, 7) is 0. The first-order chi connectivity index (χ1) is 9.39. The van der Waals surface area contributed by atoms with E-state index in [-0.39, 0.29) is 11.2 Å². The van der Waals surface area contributed by atoms with Gasteiger partial charge in [0.05, 0.1) is 12.6 Å². The molecular weight excluding hydrogens is 301 g/mol. The summed E-state index contributed by atoms with van der Waals surface area (Å²) in [6.07, 6.45) is 0. The molecule has 2 rings (SSSR count). The first-order valence-corrected chi connectivity index (χ1v) is 8.34. The van der Waals surface area contributed by atoms with Crippen LogP contribution >= 0.6 is 19.4 Å². The molecule has 0 spiro atoms. The minimum Gasteiger partial charge on any atom is -0.464 e. The van der Waals surface area contributed by atoms with E-state index in [4.69, 9.17) is 9.79 Å². The predicted octanol–water partition coefficient (Wildman–Crippen LogP) is 2.25. The fourth-order valence-electron chi connectivity index (χ4n) is 1.56. The number of hydrogen-bond acceptors (Lipinski definition) is 5. The lowest BCUT2D eigenvalue weighted by Crippen LogP contribution is -2.03. The molecule has 0 saturated carbocycles. The molecule has 2 N–H and O–H groups in total. The first-order valence-electron chi connectivity index (χ1n) is 5.55. The van der Waals surface area contributed by atoms with Gasteiger partial charge in [0, 0.05) is 10.3 Å². The maximum absolute atomic E-state index is 11.4. The highest BCUT2D eigenvalue weighted by molar-refractivity contribution is 8.04. The lowest BCUT2D eigenvalue weighted by atomic mass is 10.2. The molecule has 0 aliphatic rings. The van der Waals surface area contributed by atoms with Gasteiger partial charge in [-0.2, -0.15) is 0 Å². The topological polar surface area (TPSA) is 96.7 Å². The van der Waals surface area contributed by atoms with Crippen LogP contribution in [0.3, 0.4) is 0 Å². The van der Waals surface area contributed by atoms with Crippen LogP contribution in [0.5, 0.6) is 0 Å². The Bertz CT molecular complexity index is 699. The van der Waals surface area contributed by atoms with Crippen molar-refractivity contribution in [2.24, 2.45) is 0 Å². The van der Waals surface area contributed by atoms with Crippen molar-refractivity contribution in [1.82, 2.24) is 4.98 Å². The fourth-order valence-corrected chi connectivity index (χ4v) is 3.19. The summed E-state index contributed by atoms with van der Waals surface area (Å²) in [5.74, 6) is -0.528. The Balaban J connectivity index is 2.31. The number of hydrogen-bond donors (Lipinski definition) is 2. The molecule has 6 nitrogen and oxygen atoms in total. The summed E-state index contributed by atoms with van der Waals surface area (Å²) in [4.78, 5) is 34.0. The van der Waals surface area contributed by atoms with Gasteiger partial charge in [-0.1, -0.05) is 12.1 Å². The molecule has 0 aliphatic carbocycles. The summed E-state index contributed by atoms with van der Waals surface area (Å²) in [7, 11) is -2.77. The molecular formula is C12H12NO5PS. The number of methoxy groups -OCH3 is 1. The van der Waals surface area contributed by atoms with Crippen molar-refractivity contribution in [2.45, 2.75) is 4.90 Å². The van der Waals surface area contributed by atoms with Crippen molar-refractivity contribution in [3.63, 3.8) is 0 Å². The van der Waals surface area contributed by atoms with E-state index in [2.05, 4.69) is 9.72 Å². The zero-order chi connectivity index (χ0) is 14.8. The van der Waals surface area contributed by atoms with Crippen molar-refractivity contribution < 1.29 is 23.9 Å². The molecule has 0 fully saturated rings. The lowest BCUT2D eigenvalue weighted by Gasteiger charge is -2.06. The van der Waals surface area contributed by atoms with Crippen molar-refractivity contribution in [3.05, 3.63) is 36.0 Å². The van der Waals surface area contributed by atoms with Crippen LogP contribution in [-0.4, -0.2) is 33.3 Å². The molecule has 0 amide bonds. The highest BCUT2D eigenvalue weighted by atomic mass is 32.2. The third kappa shape index (κ3) is 3.80. The molecule has 0 aliphatic heterocycles. The quantitative estimate of drug-likeness (QED) is 0.507. The second kappa shape index (κ2) is 5.93. The molecule has 106 valence electrons. The van der Waals surface area contributed by atoms with Crippen LogP contribution < -0.4 is 0 Å². The van der Waals surface area contributed by atoms with Gasteiger partial charge >= 0.3 is 13.6 Å². The minimum absolute atomic E-state index is 0.192. The van der Waals surface area contributed by atoms with Crippen molar-refractivity contribution >= 4 is 36.2 Å². The average molecular weight is 313 g/mol. The third-order valence-electron chi connectivity index (χ3n) is 2.46. The lowest BCUT2D eigenvalue weighted by molar-refractivity contribution is 0.0594. The van der Waals surface area contributed by atoms with Gasteiger partial charge in [-0.25, -0.2) is 9.78 Å². The second-order valence-electron chi connectivity index (χ2n) is 3.98. The van der Waals surface area contributed by atoms with Crippen LogP contribution in [0.15, 0.2) is 35.2 Å². The molecule has 0 bridgehead atoms. The standard InChI is InChI=1S/C12H12NO5PS/c1-18-12(14)10-5-3-8-2-4-9(6-11(8)13-10)20-7-19(15,16)17/h2-6H,7H2,1H3,(H2,15,16,17). The second-order valence-corrected chi connectivity index (χ2v) is 7.10. The van der Waals surface area contributed by atoms with Gasteiger partial charge in [0.2, 0.25) is 0 Å². The van der Waals surface area contributed by atoms with E-state index in [0.29, 0.717) is 10.4 Å². The van der Waals surface area contributed by atoms with Crippen molar-refractivity contribution in [2.75, 3.05) is 12.6 Å². The van der Waals surface area contributed by atoms with E-state index in [1.165, 1.54) is 7.11 Å². The Labute approximate surface area is 119 Å². The van der Waals surface area contributed by atoms with E-state index in [0.717, 1.165) is 17.1 Å². The molecule has 1 heterocycles. The molecule has 8 heteroatoms. The number of nitrogens with zero attached hydrogens (tertiary/aromatic N) is 1. The summed E-state index contributed by atoms with van der Waals surface area (Å²) in [5, 5.41) is 0.832. The van der Waals surface area contributed by atoms with Crippen LogP contribution in [0.4, 0.5) is 0 Å². The number of benzene rings is 1. The fraction of sp³-hybridized carbons (Fsp3) is 0.167. The molecule has 1 aromatic heterocycles. The number of ether oxygens (including phenoxy) is 1. The van der Waals surface area contributed by atoms with Crippen LogP contribution in [-0.2, 0) is 9.30 Å². The summed E-state index contributed by atoms with van der Waals surface area (Å²) < 4.78 is 15.4. The normalized spacial score (nSPS) is 11.6. The van der Waals surface area contributed by atoms with Gasteiger partial charge in [-0.15, -0.1) is 11.8 Å². The zero-order valence-electron chi connectivity index (χ0n) is 10.5. The Kier molecular flexibility index (Phi) is 4.45. The van der Waals surface area contributed by atoms with E-state index in [1.807, 2.05) is 0 Å². The molecule has 20 heavy (non-hydrogen) atoms. The zero-order valence-corrected chi connectivity index (χ0v) is 12.2. The number of carbonyl (C=O) groups is 1. The number of esters is 1. The number of pyridine rings is 1. The Morgan fingerprint density at radius 2 is 2.05 bits per heavy atom. The van der Waals surface area contributed by atoms with Crippen molar-refractivity contribution in [1.29, 1.82) is 0 Å². The number of thioether (sulfide) groups is 1. The highest BCUT2D eigenvalue weighted by Gasteiger charge is 2.14. The minimum atomic E-state index is -4.05. The molecule has 2 aromatic rings. The van der Waals surface area contributed by atoms with Gasteiger partial charge in [0.15, 0.2) is 0 Å². The summed E-state index contributed by atoms with van der Waals surface area (Å²) >= 11 is 1.04. The Hall–Kier alpha value is -1.40. The molecule has 0 saturated heterocycles. The Morgan fingerprint density at radius 1 is 1.35 bits per heavy atom. The molecule has 1 aromatic carbocycles. The number of fused-ring (bicyclic) bond motifs is 1.